The predicted molar refractivity (Wildman–Crippen MR) is 79.6 cm³/mol. The summed E-state index contributed by atoms with van der Waals surface area (Å²) in [6.07, 6.45) is 1.62. The summed E-state index contributed by atoms with van der Waals surface area (Å²) in [5.74, 6) is 0.807. The fourth-order valence-electron chi connectivity index (χ4n) is 2.49. The second-order valence-electron chi connectivity index (χ2n) is 4.73. The number of benzene rings is 2. The first-order valence-corrected chi connectivity index (χ1v) is 6.46. The van der Waals surface area contributed by atoms with E-state index in [1.165, 1.54) is 0 Å². The molecule has 0 aliphatic rings. The summed E-state index contributed by atoms with van der Waals surface area (Å²) in [4.78, 5) is 0. The number of nitrogens with zero attached hydrogens (tertiary/aromatic N) is 1. The molecule has 0 unspecified atom stereocenters. The molecule has 3 heteroatoms. The van der Waals surface area contributed by atoms with Gasteiger partial charge in [-0.3, -0.25) is 0 Å². The Balaban J connectivity index is 2.30. The van der Waals surface area contributed by atoms with Crippen LogP contribution in [0.25, 0.3) is 21.9 Å². The number of ether oxygens (including phenoxy) is 1. The van der Waals surface area contributed by atoms with E-state index in [9.17, 15) is 5.21 Å². The van der Waals surface area contributed by atoms with Crippen LogP contribution in [0, 0.1) is 12.1 Å². The Morgan fingerprint density at radius 3 is 2.40 bits per heavy atom. The number of fused-ring (bicyclic) bond motifs is 1. The highest BCUT2D eigenvalue weighted by Gasteiger charge is 2.14. The lowest BCUT2D eigenvalue weighted by Crippen LogP contribution is -2.30. The first-order chi connectivity index (χ1) is 9.70. The summed E-state index contributed by atoms with van der Waals surface area (Å²) >= 11 is 0. The van der Waals surface area contributed by atoms with Crippen molar-refractivity contribution in [2.45, 2.75) is 6.92 Å². The average Bonchev–Trinajstić information content (AvgIpc) is 2.49. The van der Waals surface area contributed by atoms with Crippen LogP contribution in [0.3, 0.4) is 0 Å². The van der Waals surface area contributed by atoms with E-state index in [0.717, 1.165) is 32.4 Å². The van der Waals surface area contributed by atoms with Crippen LogP contribution in [-0.2, 0) is 0 Å². The molecule has 0 aliphatic heterocycles. The van der Waals surface area contributed by atoms with Gasteiger partial charge in [-0.05, 0) is 23.8 Å². The molecular weight excluding hydrogens is 250 g/mol. The lowest BCUT2D eigenvalue weighted by Gasteiger charge is -2.11. The molecule has 1 heterocycles. The zero-order chi connectivity index (χ0) is 14.1. The van der Waals surface area contributed by atoms with Crippen molar-refractivity contribution < 1.29 is 9.47 Å². The summed E-state index contributed by atoms with van der Waals surface area (Å²) in [5, 5.41) is 14.1. The Morgan fingerprint density at radius 2 is 1.70 bits per heavy atom. The zero-order valence-electron chi connectivity index (χ0n) is 11.5. The topological polar surface area (TPSA) is 36.2 Å². The van der Waals surface area contributed by atoms with Crippen LogP contribution in [0.4, 0.5) is 0 Å². The first-order valence-electron chi connectivity index (χ1n) is 6.46. The molecule has 2 aromatic carbocycles. The molecule has 20 heavy (non-hydrogen) atoms. The molecule has 3 aromatic rings. The van der Waals surface area contributed by atoms with Gasteiger partial charge in [-0.15, -0.1) is 0 Å². The number of rotatable bonds is 2. The van der Waals surface area contributed by atoms with Crippen molar-refractivity contribution in [2.75, 3.05) is 7.11 Å². The van der Waals surface area contributed by atoms with Gasteiger partial charge in [-0.1, -0.05) is 30.3 Å². The van der Waals surface area contributed by atoms with E-state index in [4.69, 9.17) is 4.74 Å². The van der Waals surface area contributed by atoms with Crippen LogP contribution in [0.15, 0.2) is 54.7 Å². The molecule has 3 rings (SSSR count). The highest BCUT2D eigenvalue weighted by molar-refractivity contribution is 5.96. The number of methoxy groups -OCH3 is 1. The maximum absolute atomic E-state index is 12.0. The fourth-order valence-corrected chi connectivity index (χ4v) is 2.49. The molecule has 3 nitrogen and oxygen atoms in total. The van der Waals surface area contributed by atoms with Gasteiger partial charge < -0.3 is 9.94 Å². The monoisotopic (exact) mass is 265 g/mol. The molecule has 0 radical (unpaired) electrons. The van der Waals surface area contributed by atoms with E-state index in [1.54, 1.807) is 13.3 Å². The molecule has 0 fully saturated rings. The largest absolute Gasteiger partial charge is 0.618 e. The van der Waals surface area contributed by atoms with Crippen molar-refractivity contribution in [1.29, 1.82) is 0 Å². The van der Waals surface area contributed by atoms with E-state index in [2.05, 4.69) is 0 Å². The number of hydrogen-bond acceptors (Lipinski definition) is 2. The summed E-state index contributed by atoms with van der Waals surface area (Å²) in [5.41, 5.74) is 2.69. The normalized spacial score (nSPS) is 10.7. The summed E-state index contributed by atoms with van der Waals surface area (Å²) < 4.78 is 6.11. The Bertz CT molecular complexity index is 764. The molecule has 0 bridgehead atoms. The number of aromatic nitrogens is 1. The second-order valence-corrected chi connectivity index (χ2v) is 4.73. The van der Waals surface area contributed by atoms with Crippen molar-refractivity contribution in [2.24, 2.45) is 0 Å². The molecule has 1 aromatic heterocycles. The van der Waals surface area contributed by atoms with Crippen molar-refractivity contribution in [3.05, 3.63) is 65.6 Å². The van der Waals surface area contributed by atoms with Gasteiger partial charge >= 0.3 is 0 Å². The maximum Gasteiger partial charge on any atom is 0.198 e. The van der Waals surface area contributed by atoms with Crippen LogP contribution in [0.1, 0.15) is 5.69 Å². The van der Waals surface area contributed by atoms with E-state index in [0.29, 0.717) is 5.69 Å². The van der Waals surface area contributed by atoms with Crippen LogP contribution >= 0.6 is 0 Å². The Hall–Kier alpha value is -2.55. The summed E-state index contributed by atoms with van der Waals surface area (Å²) in [6.45, 7) is 1.85. The minimum absolute atomic E-state index is 0.703. The van der Waals surface area contributed by atoms with E-state index < -0.39 is 0 Å². The van der Waals surface area contributed by atoms with Gasteiger partial charge in [0.1, 0.15) is 5.75 Å². The minimum Gasteiger partial charge on any atom is -0.618 e. The lowest BCUT2D eigenvalue weighted by atomic mass is 9.98. The van der Waals surface area contributed by atoms with Crippen LogP contribution < -0.4 is 9.47 Å². The quantitative estimate of drug-likeness (QED) is 0.525. The van der Waals surface area contributed by atoms with Crippen molar-refractivity contribution in [1.82, 2.24) is 0 Å². The second kappa shape index (κ2) is 4.85. The summed E-state index contributed by atoms with van der Waals surface area (Å²) in [6, 6.07) is 15.7. The fraction of sp³-hybridized carbons (Fsp3) is 0.118. The molecule has 0 amide bonds. The smallest absolute Gasteiger partial charge is 0.198 e. The SMILES string of the molecule is COc1ccc(-c2c(C)[n+]([O-])cc3ccccc23)cc1. The van der Waals surface area contributed by atoms with E-state index in [1.807, 2.05) is 55.5 Å². The highest BCUT2D eigenvalue weighted by Crippen LogP contribution is 2.30. The molecule has 0 N–H and O–H groups in total. The Morgan fingerprint density at radius 1 is 1.00 bits per heavy atom. The van der Waals surface area contributed by atoms with Crippen molar-refractivity contribution in [3.63, 3.8) is 0 Å². The summed E-state index contributed by atoms with van der Waals surface area (Å²) in [7, 11) is 1.64. The highest BCUT2D eigenvalue weighted by atomic mass is 16.5. The first kappa shape index (κ1) is 12.5. The van der Waals surface area contributed by atoms with Crippen molar-refractivity contribution >= 4 is 10.8 Å². The molecule has 100 valence electrons. The van der Waals surface area contributed by atoms with E-state index >= 15 is 0 Å². The van der Waals surface area contributed by atoms with Crippen LogP contribution in [-0.4, -0.2) is 7.11 Å². The minimum atomic E-state index is 0.703. The third-order valence-electron chi connectivity index (χ3n) is 3.56. The lowest BCUT2D eigenvalue weighted by molar-refractivity contribution is -0.610. The molecule has 0 saturated carbocycles. The predicted octanol–water partition coefficient (Wildman–Crippen LogP) is 3.46. The average molecular weight is 265 g/mol. The molecule has 0 aliphatic carbocycles. The van der Waals surface area contributed by atoms with Gasteiger partial charge in [0.25, 0.3) is 0 Å². The van der Waals surface area contributed by atoms with Gasteiger partial charge in [0.05, 0.1) is 12.7 Å². The zero-order valence-corrected chi connectivity index (χ0v) is 11.5. The Kier molecular flexibility index (Phi) is 3.03. The molecular formula is C17H15NO2. The third kappa shape index (κ3) is 1.97. The molecule has 0 spiro atoms. The standard InChI is InChI=1S/C17H15NO2/c1-12-17(13-7-9-15(20-2)10-8-13)16-6-4-3-5-14(16)11-18(12)19/h3-11H,1-2H3. The van der Waals surface area contributed by atoms with Crippen LogP contribution in [0.5, 0.6) is 5.75 Å². The van der Waals surface area contributed by atoms with Crippen molar-refractivity contribution in [3.8, 4) is 16.9 Å². The molecule has 0 saturated heterocycles. The van der Waals surface area contributed by atoms with Gasteiger partial charge in [0.15, 0.2) is 11.9 Å². The molecule has 0 atom stereocenters. The van der Waals surface area contributed by atoms with E-state index in [-0.39, 0.29) is 0 Å². The van der Waals surface area contributed by atoms with Gasteiger partial charge in [0.2, 0.25) is 0 Å². The number of hydrogen-bond donors (Lipinski definition) is 0. The maximum atomic E-state index is 12.0. The van der Waals surface area contributed by atoms with Gasteiger partial charge in [-0.25, -0.2) is 0 Å². The Labute approximate surface area is 117 Å². The third-order valence-corrected chi connectivity index (χ3v) is 3.56. The van der Waals surface area contributed by atoms with Gasteiger partial charge in [0, 0.05) is 17.7 Å². The number of pyridine rings is 1. The van der Waals surface area contributed by atoms with Crippen LogP contribution in [0.2, 0.25) is 0 Å². The van der Waals surface area contributed by atoms with Gasteiger partial charge in [-0.2, -0.15) is 4.73 Å².